The van der Waals surface area contributed by atoms with Gasteiger partial charge in [0, 0.05) is 24.5 Å². The number of piperidine rings is 1. The number of carbonyl (C=O) groups is 1. The van der Waals surface area contributed by atoms with E-state index >= 15 is 0 Å². The third-order valence-corrected chi connectivity index (χ3v) is 4.75. The van der Waals surface area contributed by atoms with E-state index in [2.05, 4.69) is 4.90 Å². The highest BCUT2D eigenvalue weighted by Gasteiger charge is 2.39. The molecule has 1 aromatic rings. The van der Waals surface area contributed by atoms with Gasteiger partial charge in [-0.15, -0.1) is 0 Å². The summed E-state index contributed by atoms with van der Waals surface area (Å²) < 4.78 is 5.95. The average Bonchev–Trinajstić information content (AvgIpc) is 2.80. The molecule has 1 fully saturated rings. The fourth-order valence-electron chi connectivity index (χ4n) is 3.35. The molecule has 0 amide bonds. The van der Waals surface area contributed by atoms with Crippen molar-refractivity contribution in [1.29, 1.82) is 0 Å². The number of carboxylic acids is 1. The Hall–Kier alpha value is -1.26. The van der Waals surface area contributed by atoms with Gasteiger partial charge in [-0.2, -0.15) is 0 Å². The number of rotatable bonds is 3. The first-order chi connectivity index (χ1) is 9.96. The highest BCUT2D eigenvalue weighted by molar-refractivity contribution is 6.30. The van der Waals surface area contributed by atoms with Gasteiger partial charge in [0.1, 0.15) is 11.9 Å². The number of carboxylic acid groups (broad SMARTS) is 1. The zero-order valence-electron chi connectivity index (χ0n) is 12.1. The predicted molar refractivity (Wildman–Crippen MR) is 81.0 cm³/mol. The van der Waals surface area contributed by atoms with Gasteiger partial charge >= 0.3 is 5.97 Å². The average molecular weight is 310 g/mol. The van der Waals surface area contributed by atoms with E-state index in [-0.39, 0.29) is 6.10 Å². The summed E-state index contributed by atoms with van der Waals surface area (Å²) in [7, 11) is 0. The molecule has 0 aromatic heterocycles. The molecular weight excluding hydrogens is 290 g/mol. The first-order valence-corrected chi connectivity index (χ1v) is 7.75. The van der Waals surface area contributed by atoms with Crippen molar-refractivity contribution in [3.05, 3.63) is 28.8 Å². The molecule has 2 aliphatic heterocycles. The first-order valence-electron chi connectivity index (χ1n) is 7.37. The molecule has 0 radical (unpaired) electrons. The van der Waals surface area contributed by atoms with Crippen LogP contribution in [0.1, 0.15) is 25.3 Å². The van der Waals surface area contributed by atoms with Gasteiger partial charge in [-0.3, -0.25) is 9.69 Å². The van der Waals surface area contributed by atoms with Crippen LogP contribution in [-0.2, 0) is 11.2 Å². The number of hydrogen-bond donors (Lipinski definition) is 1. The third-order valence-electron chi connectivity index (χ3n) is 4.52. The number of benzene rings is 1. The van der Waals surface area contributed by atoms with E-state index in [1.807, 2.05) is 25.1 Å². The molecule has 0 saturated carbocycles. The van der Waals surface area contributed by atoms with Crippen molar-refractivity contribution in [3.8, 4) is 5.75 Å². The number of aliphatic carboxylic acids is 1. The van der Waals surface area contributed by atoms with Crippen LogP contribution in [0.25, 0.3) is 0 Å². The van der Waals surface area contributed by atoms with Crippen molar-refractivity contribution >= 4 is 17.6 Å². The van der Waals surface area contributed by atoms with Crippen molar-refractivity contribution in [1.82, 2.24) is 4.90 Å². The largest absolute Gasteiger partial charge is 0.488 e. The molecule has 2 aliphatic rings. The minimum absolute atomic E-state index is 0.0922. The number of nitrogens with zero attached hydrogens (tertiary/aromatic N) is 1. The molecule has 2 heterocycles. The van der Waals surface area contributed by atoms with Crippen molar-refractivity contribution in [2.24, 2.45) is 5.41 Å². The lowest BCUT2D eigenvalue weighted by molar-refractivity contribution is -0.151. The van der Waals surface area contributed by atoms with Crippen LogP contribution in [0.5, 0.6) is 5.75 Å². The summed E-state index contributed by atoms with van der Waals surface area (Å²) in [4.78, 5) is 13.6. The van der Waals surface area contributed by atoms with E-state index in [1.165, 1.54) is 0 Å². The van der Waals surface area contributed by atoms with Gasteiger partial charge in [0.2, 0.25) is 0 Å². The van der Waals surface area contributed by atoms with Crippen LogP contribution >= 0.6 is 11.6 Å². The van der Waals surface area contributed by atoms with E-state index < -0.39 is 11.4 Å². The van der Waals surface area contributed by atoms with Crippen LogP contribution in [-0.4, -0.2) is 41.7 Å². The molecule has 0 bridgehead atoms. The van der Waals surface area contributed by atoms with Gasteiger partial charge in [-0.05, 0) is 50.1 Å². The lowest BCUT2D eigenvalue weighted by Gasteiger charge is -2.38. The third kappa shape index (κ3) is 3.01. The van der Waals surface area contributed by atoms with Crippen molar-refractivity contribution in [3.63, 3.8) is 0 Å². The van der Waals surface area contributed by atoms with E-state index in [9.17, 15) is 9.90 Å². The molecule has 3 rings (SSSR count). The number of likely N-dealkylation sites (tertiary alicyclic amines) is 1. The van der Waals surface area contributed by atoms with Crippen molar-refractivity contribution < 1.29 is 14.6 Å². The Balaban J connectivity index is 1.62. The summed E-state index contributed by atoms with van der Waals surface area (Å²) in [5.74, 6) is 0.206. The van der Waals surface area contributed by atoms with Crippen molar-refractivity contribution in [2.45, 2.75) is 32.3 Å². The molecule has 0 aliphatic carbocycles. The fourth-order valence-corrected chi connectivity index (χ4v) is 3.55. The monoisotopic (exact) mass is 309 g/mol. The fraction of sp³-hybridized carbons (Fsp3) is 0.562. The molecule has 2 unspecified atom stereocenters. The van der Waals surface area contributed by atoms with Gasteiger partial charge < -0.3 is 9.84 Å². The maximum absolute atomic E-state index is 11.4. The van der Waals surface area contributed by atoms with E-state index in [0.29, 0.717) is 6.54 Å². The Morgan fingerprint density at radius 1 is 1.57 bits per heavy atom. The summed E-state index contributed by atoms with van der Waals surface area (Å²) in [6, 6.07) is 5.70. The predicted octanol–water partition coefficient (Wildman–Crippen LogP) is 2.83. The van der Waals surface area contributed by atoms with E-state index in [0.717, 1.165) is 48.7 Å². The minimum atomic E-state index is -0.699. The van der Waals surface area contributed by atoms with Gasteiger partial charge in [0.25, 0.3) is 0 Å². The zero-order chi connectivity index (χ0) is 15.0. The number of halogens is 1. The number of ether oxygens (including phenoxy) is 1. The molecule has 1 aromatic carbocycles. The molecule has 114 valence electrons. The second-order valence-electron chi connectivity index (χ2n) is 6.40. The second kappa shape index (κ2) is 5.50. The van der Waals surface area contributed by atoms with Crippen LogP contribution in [0.15, 0.2) is 18.2 Å². The topological polar surface area (TPSA) is 49.8 Å². The Morgan fingerprint density at radius 2 is 2.38 bits per heavy atom. The van der Waals surface area contributed by atoms with E-state index in [4.69, 9.17) is 16.3 Å². The molecule has 2 atom stereocenters. The summed E-state index contributed by atoms with van der Waals surface area (Å²) in [5, 5.41) is 10.1. The highest BCUT2D eigenvalue weighted by atomic mass is 35.5. The van der Waals surface area contributed by atoms with Crippen LogP contribution in [0.4, 0.5) is 0 Å². The molecule has 1 N–H and O–H groups in total. The Labute approximate surface area is 129 Å². The van der Waals surface area contributed by atoms with Gasteiger partial charge in [-0.25, -0.2) is 0 Å². The van der Waals surface area contributed by atoms with Crippen molar-refractivity contribution in [2.75, 3.05) is 19.6 Å². The highest BCUT2D eigenvalue weighted by Crippen LogP contribution is 2.33. The normalized spacial score (nSPS) is 29.0. The minimum Gasteiger partial charge on any atom is -0.488 e. The Kier molecular flexibility index (Phi) is 3.84. The van der Waals surface area contributed by atoms with Crippen LogP contribution in [0.3, 0.4) is 0 Å². The summed E-state index contributed by atoms with van der Waals surface area (Å²) in [5.41, 5.74) is 0.512. The zero-order valence-corrected chi connectivity index (χ0v) is 12.9. The van der Waals surface area contributed by atoms with Crippen LogP contribution in [0, 0.1) is 5.41 Å². The molecule has 4 nitrogen and oxygen atoms in total. The maximum atomic E-state index is 11.4. The van der Waals surface area contributed by atoms with Crippen LogP contribution < -0.4 is 4.74 Å². The maximum Gasteiger partial charge on any atom is 0.310 e. The quantitative estimate of drug-likeness (QED) is 0.933. The molecular formula is C16H20ClNO3. The van der Waals surface area contributed by atoms with Gasteiger partial charge in [-0.1, -0.05) is 11.6 Å². The van der Waals surface area contributed by atoms with Gasteiger partial charge in [0.05, 0.1) is 5.41 Å². The van der Waals surface area contributed by atoms with Gasteiger partial charge in [0.15, 0.2) is 0 Å². The second-order valence-corrected chi connectivity index (χ2v) is 6.84. The molecule has 21 heavy (non-hydrogen) atoms. The number of hydrogen-bond acceptors (Lipinski definition) is 3. The summed E-state index contributed by atoms with van der Waals surface area (Å²) in [6.45, 7) is 4.15. The molecule has 1 saturated heterocycles. The lowest BCUT2D eigenvalue weighted by atomic mass is 9.82. The first kappa shape index (κ1) is 14.7. The number of fused-ring (bicyclic) bond motifs is 1. The van der Waals surface area contributed by atoms with Crippen LogP contribution in [0.2, 0.25) is 5.02 Å². The standard InChI is InChI=1S/C16H20ClNO3/c1-16(15(19)20)5-2-6-18(10-16)9-13-8-11-7-12(17)3-4-14(11)21-13/h3-4,7,13H,2,5-6,8-10H2,1H3,(H,19,20). The summed E-state index contributed by atoms with van der Waals surface area (Å²) in [6.07, 6.45) is 2.61. The Morgan fingerprint density at radius 3 is 3.14 bits per heavy atom. The SMILES string of the molecule is CC1(C(=O)O)CCCN(CC2Cc3cc(Cl)ccc3O2)C1. The smallest absolute Gasteiger partial charge is 0.310 e. The van der Waals surface area contributed by atoms with E-state index in [1.54, 1.807) is 0 Å². The lowest BCUT2D eigenvalue weighted by Crippen LogP contribution is -2.48. The summed E-state index contributed by atoms with van der Waals surface area (Å²) >= 11 is 6.00. The Bertz CT molecular complexity index is 562. The molecule has 5 heteroatoms. The molecule has 0 spiro atoms.